The Bertz CT molecular complexity index is 1480. The van der Waals surface area contributed by atoms with Crippen LogP contribution in [0.15, 0.2) is 121 Å². The summed E-state index contributed by atoms with van der Waals surface area (Å²) in [4.78, 5) is 30.3. The van der Waals surface area contributed by atoms with E-state index in [0.29, 0.717) is 18.2 Å². The first kappa shape index (κ1) is 23.9. The van der Waals surface area contributed by atoms with Gasteiger partial charge in [-0.2, -0.15) is 0 Å². The van der Waals surface area contributed by atoms with Crippen LogP contribution in [0.3, 0.4) is 0 Å². The summed E-state index contributed by atoms with van der Waals surface area (Å²) in [5.74, 6) is -0.294. The molecule has 1 heterocycles. The number of allylic oxidation sites excluding steroid dienone is 5. The summed E-state index contributed by atoms with van der Waals surface area (Å²) >= 11 is 0. The van der Waals surface area contributed by atoms with Crippen LogP contribution in [0.4, 0.5) is 5.69 Å². The van der Waals surface area contributed by atoms with Crippen LogP contribution in [0.1, 0.15) is 29.0 Å². The van der Waals surface area contributed by atoms with E-state index in [0.717, 1.165) is 35.2 Å². The molecule has 38 heavy (non-hydrogen) atoms. The average molecular weight is 500 g/mol. The summed E-state index contributed by atoms with van der Waals surface area (Å²) in [6.45, 7) is 4.41. The van der Waals surface area contributed by atoms with Crippen LogP contribution in [0.25, 0.3) is 6.08 Å². The molecule has 3 aromatic rings. The highest BCUT2D eigenvalue weighted by atomic mass is 16.5. The van der Waals surface area contributed by atoms with Gasteiger partial charge in [-0.15, -0.1) is 0 Å². The smallest absolute Gasteiger partial charge is 0.215 e. The molecule has 0 spiro atoms. The number of hydrogen-bond acceptors (Lipinski definition) is 4. The van der Waals surface area contributed by atoms with Gasteiger partial charge in [0.15, 0.2) is 17.3 Å². The lowest BCUT2D eigenvalue weighted by Gasteiger charge is -2.24. The summed E-state index contributed by atoms with van der Waals surface area (Å²) in [5, 5.41) is 0. The van der Waals surface area contributed by atoms with Crippen molar-refractivity contribution >= 4 is 23.3 Å². The summed E-state index contributed by atoms with van der Waals surface area (Å²) in [6.07, 6.45) is 11.4. The van der Waals surface area contributed by atoms with E-state index >= 15 is 0 Å². The van der Waals surface area contributed by atoms with Crippen molar-refractivity contribution in [3.05, 3.63) is 138 Å². The van der Waals surface area contributed by atoms with Gasteiger partial charge in [0.2, 0.25) is 5.88 Å². The molecular weight excluding hydrogens is 470 g/mol. The van der Waals surface area contributed by atoms with Gasteiger partial charge in [-0.05, 0) is 47.6 Å². The predicted molar refractivity (Wildman–Crippen MR) is 151 cm³/mol. The Kier molecular flexibility index (Phi) is 6.38. The first-order valence-electron chi connectivity index (χ1n) is 13.1. The van der Waals surface area contributed by atoms with Crippen molar-refractivity contribution in [2.24, 2.45) is 11.8 Å². The molecular formula is C34H29NO3. The van der Waals surface area contributed by atoms with Gasteiger partial charge >= 0.3 is 0 Å². The zero-order chi connectivity index (χ0) is 26.1. The number of nitrogens with zero attached hydrogens (tertiary/aromatic N) is 1. The molecule has 3 atom stereocenters. The third-order valence-electron chi connectivity index (χ3n) is 7.73. The van der Waals surface area contributed by atoms with Crippen LogP contribution in [-0.4, -0.2) is 18.1 Å². The number of Topliss-reactive ketones (excluding diaryl/α,β-unsaturated/α-hetero) is 2. The van der Waals surface area contributed by atoms with Gasteiger partial charge in [0.1, 0.15) is 5.57 Å². The zero-order valence-corrected chi connectivity index (χ0v) is 21.1. The van der Waals surface area contributed by atoms with Crippen molar-refractivity contribution in [2.75, 3.05) is 11.4 Å². The minimum Gasteiger partial charge on any atom is -0.438 e. The molecule has 4 heteroatoms. The fraction of sp³-hybridized carbons (Fsp3) is 0.176. The van der Waals surface area contributed by atoms with E-state index < -0.39 is 11.8 Å². The van der Waals surface area contributed by atoms with Crippen molar-refractivity contribution < 1.29 is 14.3 Å². The molecule has 0 saturated heterocycles. The van der Waals surface area contributed by atoms with E-state index in [9.17, 15) is 9.59 Å². The van der Waals surface area contributed by atoms with Crippen LogP contribution < -0.4 is 9.64 Å². The predicted octanol–water partition coefficient (Wildman–Crippen LogP) is 6.67. The van der Waals surface area contributed by atoms with E-state index in [-0.39, 0.29) is 23.1 Å². The third kappa shape index (κ3) is 4.22. The maximum Gasteiger partial charge on any atom is 0.215 e. The van der Waals surface area contributed by atoms with Gasteiger partial charge in [-0.1, -0.05) is 104 Å². The Balaban J connectivity index is 1.41. The SMILES string of the molecule is C=Cc1ccc(CCN2/C(=C3/C(=O)C(c4ccccc4)C(C4C=CC=CC4)C3=O)Oc3ccccc32)cc1. The minimum atomic E-state index is -0.534. The molecule has 1 fully saturated rings. The normalized spacial score (nSPS) is 24.0. The van der Waals surface area contributed by atoms with E-state index in [2.05, 4.69) is 30.9 Å². The van der Waals surface area contributed by atoms with Crippen LogP contribution in [0.5, 0.6) is 5.75 Å². The molecule has 4 nitrogen and oxygen atoms in total. The first-order chi connectivity index (χ1) is 18.7. The fourth-order valence-electron chi connectivity index (χ4n) is 5.80. The topological polar surface area (TPSA) is 46.6 Å². The molecule has 2 aliphatic carbocycles. The molecule has 1 aliphatic heterocycles. The van der Waals surface area contributed by atoms with E-state index in [1.807, 2.05) is 89.9 Å². The molecule has 0 amide bonds. The number of rotatable bonds is 6. The van der Waals surface area contributed by atoms with Crippen LogP contribution >= 0.6 is 0 Å². The molecule has 188 valence electrons. The molecule has 0 radical (unpaired) electrons. The zero-order valence-electron chi connectivity index (χ0n) is 21.1. The van der Waals surface area contributed by atoms with Crippen molar-refractivity contribution in [3.63, 3.8) is 0 Å². The highest BCUT2D eigenvalue weighted by Gasteiger charge is 2.52. The Morgan fingerprint density at radius 3 is 2.39 bits per heavy atom. The Morgan fingerprint density at radius 2 is 1.66 bits per heavy atom. The number of benzene rings is 3. The summed E-state index contributed by atoms with van der Waals surface area (Å²) < 4.78 is 6.31. The van der Waals surface area contributed by atoms with Gasteiger partial charge in [0.05, 0.1) is 11.6 Å². The number of fused-ring (bicyclic) bond motifs is 1. The van der Waals surface area contributed by atoms with E-state index in [1.165, 1.54) is 0 Å². The highest BCUT2D eigenvalue weighted by molar-refractivity contribution is 6.30. The first-order valence-corrected chi connectivity index (χ1v) is 13.1. The molecule has 6 rings (SSSR count). The lowest BCUT2D eigenvalue weighted by atomic mass is 9.77. The molecule has 0 bridgehead atoms. The standard InChI is InChI=1S/C34H29NO3/c1-2-23-17-19-24(20-18-23)21-22-35-27-15-9-10-16-28(27)38-34(35)31-32(36)29(25-11-5-3-6-12-25)30(33(31)37)26-13-7-4-8-14-26/h2-13,15-20,26,29-30H,1,14,21-22H2/b34-31+. The Morgan fingerprint density at radius 1 is 0.895 bits per heavy atom. The molecule has 0 aromatic heterocycles. The van der Waals surface area contributed by atoms with E-state index in [1.54, 1.807) is 0 Å². The van der Waals surface area contributed by atoms with Crippen LogP contribution in [0.2, 0.25) is 0 Å². The lowest BCUT2D eigenvalue weighted by molar-refractivity contribution is -0.119. The summed E-state index contributed by atoms with van der Waals surface area (Å²) in [5.41, 5.74) is 4.16. The second kappa shape index (κ2) is 10.1. The second-order valence-corrected chi connectivity index (χ2v) is 9.95. The van der Waals surface area contributed by atoms with Crippen LogP contribution in [-0.2, 0) is 16.0 Å². The lowest BCUT2D eigenvalue weighted by Crippen LogP contribution is -2.27. The average Bonchev–Trinajstić information content (AvgIpc) is 3.46. The maximum atomic E-state index is 14.2. The Labute approximate surface area is 223 Å². The maximum absolute atomic E-state index is 14.2. The Hall–Kier alpha value is -4.44. The highest BCUT2D eigenvalue weighted by Crippen LogP contribution is 2.48. The number of hydrogen-bond donors (Lipinski definition) is 0. The van der Waals surface area contributed by atoms with Crippen molar-refractivity contribution in [3.8, 4) is 5.75 Å². The minimum absolute atomic E-state index is 0.0413. The molecule has 3 aliphatic rings. The monoisotopic (exact) mass is 499 g/mol. The van der Waals surface area contributed by atoms with Gasteiger partial charge in [-0.25, -0.2) is 0 Å². The number of anilines is 1. The van der Waals surface area contributed by atoms with Gasteiger partial charge in [0.25, 0.3) is 0 Å². The van der Waals surface area contributed by atoms with Crippen molar-refractivity contribution in [2.45, 2.75) is 18.8 Å². The number of para-hydroxylation sites is 2. The molecule has 3 aromatic carbocycles. The summed E-state index contributed by atoms with van der Waals surface area (Å²) in [7, 11) is 0. The van der Waals surface area contributed by atoms with Crippen molar-refractivity contribution in [1.29, 1.82) is 0 Å². The number of ether oxygens (including phenoxy) is 1. The van der Waals surface area contributed by atoms with Gasteiger partial charge in [-0.3, -0.25) is 9.59 Å². The van der Waals surface area contributed by atoms with Gasteiger partial charge in [0, 0.05) is 12.5 Å². The number of carbonyl (C=O) groups is 2. The molecule has 3 unspecified atom stereocenters. The quantitative estimate of drug-likeness (QED) is 0.281. The molecule has 0 N–H and O–H groups in total. The number of ketones is 2. The van der Waals surface area contributed by atoms with Crippen molar-refractivity contribution in [1.82, 2.24) is 0 Å². The largest absolute Gasteiger partial charge is 0.438 e. The van der Waals surface area contributed by atoms with E-state index in [4.69, 9.17) is 4.74 Å². The summed E-state index contributed by atoms with van der Waals surface area (Å²) in [6, 6.07) is 25.7. The fourth-order valence-corrected chi connectivity index (χ4v) is 5.80. The van der Waals surface area contributed by atoms with Crippen LogP contribution in [0, 0.1) is 11.8 Å². The molecule has 1 saturated carbocycles. The van der Waals surface area contributed by atoms with Gasteiger partial charge < -0.3 is 9.64 Å². The third-order valence-corrected chi connectivity index (χ3v) is 7.73. The number of carbonyl (C=O) groups excluding carboxylic acids is 2. The second-order valence-electron chi connectivity index (χ2n) is 9.95.